The second kappa shape index (κ2) is 6.67. The molecule has 3 nitrogen and oxygen atoms in total. The Kier molecular flexibility index (Phi) is 4.45. The van der Waals surface area contributed by atoms with E-state index >= 15 is 0 Å². The normalized spacial score (nSPS) is 12.8. The van der Waals surface area contributed by atoms with E-state index in [-0.39, 0.29) is 24.2 Å². The molecule has 0 bridgehead atoms. The number of halogens is 1. The van der Waals surface area contributed by atoms with E-state index in [1.54, 1.807) is 36.4 Å². The molecule has 114 valence electrons. The number of imide groups is 1. The molecule has 2 aromatic rings. The van der Waals surface area contributed by atoms with Crippen LogP contribution in [0.1, 0.15) is 20.7 Å². The summed E-state index contributed by atoms with van der Waals surface area (Å²) in [5.41, 5.74) is 0.861. The molecule has 0 N–H and O–H groups in total. The van der Waals surface area contributed by atoms with Crippen molar-refractivity contribution in [2.75, 3.05) is 12.3 Å². The Labute approximate surface area is 137 Å². The fraction of sp³-hybridized carbons (Fsp3) is 0.111. The predicted molar refractivity (Wildman–Crippen MR) is 86.7 cm³/mol. The van der Waals surface area contributed by atoms with Crippen LogP contribution >= 0.6 is 11.8 Å². The number of nitrogens with zero attached hydrogens (tertiary/aromatic N) is 1. The summed E-state index contributed by atoms with van der Waals surface area (Å²) in [4.78, 5) is 26.3. The number of hydrogen-bond acceptors (Lipinski definition) is 3. The van der Waals surface area contributed by atoms with E-state index in [4.69, 9.17) is 0 Å². The SMILES string of the molecule is O=C1c2ccccc2C(=O)N1CC#CCSc1ccc(F)cc1. The standard InChI is InChI=1S/C18H12FNO2S/c19-13-7-9-14(10-8-13)23-12-4-3-11-20-17(21)15-5-1-2-6-16(15)18(20)22/h1-2,5-10H,11-12H2. The van der Waals surface area contributed by atoms with Crippen LogP contribution in [-0.4, -0.2) is 29.0 Å². The second-order valence-electron chi connectivity index (χ2n) is 4.84. The Morgan fingerprint density at radius 3 is 2.13 bits per heavy atom. The lowest BCUT2D eigenvalue weighted by Gasteiger charge is -2.08. The van der Waals surface area contributed by atoms with Gasteiger partial charge in [-0.2, -0.15) is 0 Å². The molecule has 1 aliphatic rings. The molecular formula is C18H12FNO2S. The minimum absolute atomic E-state index is 0.0797. The number of amides is 2. The Morgan fingerprint density at radius 2 is 1.52 bits per heavy atom. The fourth-order valence-electron chi connectivity index (χ4n) is 2.22. The number of carbonyl (C=O) groups excluding carboxylic acids is 2. The van der Waals surface area contributed by atoms with Crippen molar-refractivity contribution in [2.24, 2.45) is 0 Å². The van der Waals surface area contributed by atoms with E-state index in [2.05, 4.69) is 11.8 Å². The van der Waals surface area contributed by atoms with Crippen molar-refractivity contribution < 1.29 is 14.0 Å². The smallest absolute Gasteiger partial charge is 0.262 e. The monoisotopic (exact) mass is 325 g/mol. The molecule has 23 heavy (non-hydrogen) atoms. The molecule has 1 heterocycles. The van der Waals surface area contributed by atoms with Crippen LogP contribution in [-0.2, 0) is 0 Å². The van der Waals surface area contributed by atoms with Crippen molar-refractivity contribution in [2.45, 2.75) is 4.90 Å². The summed E-state index contributed by atoms with van der Waals surface area (Å²) in [6.07, 6.45) is 0. The molecule has 0 aliphatic carbocycles. The number of hydrogen-bond donors (Lipinski definition) is 0. The molecule has 0 unspecified atom stereocenters. The zero-order valence-electron chi connectivity index (χ0n) is 12.1. The molecule has 2 amide bonds. The molecule has 0 radical (unpaired) electrons. The molecule has 3 rings (SSSR count). The van der Waals surface area contributed by atoms with Crippen LogP contribution in [0.3, 0.4) is 0 Å². The van der Waals surface area contributed by atoms with Gasteiger partial charge in [-0.3, -0.25) is 14.5 Å². The quantitative estimate of drug-likeness (QED) is 0.494. The molecule has 0 fully saturated rings. The number of thioether (sulfide) groups is 1. The van der Waals surface area contributed by atoms with E-state index in [9.17, 15) is 14.0 Å². The lowest BCUT2D eigenvalue weighted by Crippen LogP contribution is -2.30. The van der Waals surface area contributed by atoms with Crippen molar-refractivity contribution in [3.05, 3.63) is 65.5 Å². The summed E-state index contributed by atoms with van der Waals surface area (Å²) >= 11 is 1.47. The topological polar surface area (TPSA) is 37.4 Å². The first-order valence-electron chi connectivity index (χ1n) is 6.96. The van der Waals surface area contributed by atoms with Gasteiger partial charge in [-0.15, -0.1) is 11.8 Å². The van der Waals surface area contributed by atoms with Gasteiger partial charge in [0, 0.05) is 4.90 Å². The minimum atomic E-state index is -0.300. The maximum atomic E-state index is 12.8. The Hall–Kier alpha value is -2.58. The van der Waals surface area contributed by atoms with Crippen molar-refractivity contribution >= 4 is 23.6 Å². The van der Waals surface area contributed by atoms with Crippen LogP contribution in [0, 0.1) is 17.7 Å². The van der Waals surface area contributed by atoms with Crippen molar-refractivity contribution in [3.63, 3.8) is 0 Å². The highest BCUT2D eigenvalue weighted by Gasteiger charge is 2.34. The van der Waals surface area contributed by atoms with Gasteiger partial charge in [0.25, 0.3) is 11.8 Å². The van der Waals surface area contributed by atoms with Gasteiger partial charge in [0.2, 0.25) is 0 Å². The summed E-state index contributed by atoms with van der Waals surface area (Å²) in [5.74, 6) is 5.40. The third-order valence-corrected chi connectivity index (χ3v) is 4.26. The summed E-state index contributed by atoms with van der Waals surface area (Å²) in [5, 5.41) is 0. The molecule has 0 saturated heterocycles. The van der Waals surface area contributed by atoms with Gasteiger partial charge in [0.05, 0.1) is 23.4 Å². The van der Waals surface area contributed by atoms with Gasteiger partial charge in [-0.25, -0.2) is 4.39 Å². The number of carbonyl (C=O) groups is 2. The summed E-state index contributed by atoms with van der Waals surface area (Å²) < 4.78 is 12.8. The molecule has 2 aromatic carbocycles. The van der Waals surface area contributed by atoms with E-state index in [1.807, 2.05) is 0 Å². The second-order valence-corrected chi connectivity index (χ2v) is 5.89. The third kappa shape index (κ3) is 3.27. The molecule has 1 aliphatic heterocycles. The molecule has 0 atom stereocenters. The Balaban J connectivity index is 1.57. The van der Waals surface area contributed by atoms with Crippen LogP contribution in [0.5, 0.6) is 0 Å². The summed E-state index contributed by atoms with van der Waals surface area (Å²) in [7, 11) is 0. The van der Waals surface area contributed by atoms with Crippen LogP contribution in [0.15, 0.2) is 53.4 Å². The lowest BCUT2D eigenvalue weighted by atomic mass is 10.1. The highest BCUT2D eigenvalue weighted by atomic mass is 32.2. The lowest BCUT2D eigenvalue weighted by molar-refractivity contribution is 0.0675. The summed E-state index contributed by atoms with van der Waals surface area (Å²) in [6.45, 7) is 0.0797. The van der Waals surface area contributed by atoms with Gasteiger partial charge in [-0.05, 0) is 36.4 Å². The van der Waals surface area contributed by atoms with Crippen LogP contribution in [0.25, 0.3) is 0 Å². The molecule has 5 heteroatoms. The largest absolute Gasteiger partial charge is 0.269 e. The third-order valence-electron chi connectivity index (χ3n) is 3.36. The highest BCUT2D eigenvalue weighted by molar-refractivity contribution is 7.99. The molecule has 0 spiro atoms. The number of rotatable bonds is 3. The first-order chi connectivity index (χ1) is 11.2. The first kappa shape index (κ1) is 15.3. The van der Waals surface area contributed by atoms with Crippen LogP contribution in [0.2, 0.25) is 0 Å². The van der Waals surface area contributed by atoms with Gasteiger partial charge < -0.3 is 0 Å². The zero-order valence-corrected chi connectivity index (χ0v) is 12.9. The maximum Gasteiger partial charge on any atom is 0.262 e. The van der Waals surface area contributed by atoms with Crippen LogP contribution < -0.4 is 0 Å². The molecule has 0 aromatic heterocycles. The highest BCUT2D eigenvalue weighted by Crippen LogP contribution is 2.22. The van der Waals surface area contributed by atoms with Crippen molar-refractivity contribution in [3.8, 4) is 11.8 Å². The molecular weight excluding hydrogens is 313 g/mol. The average molecular weight is 325 g/mol. The van der Waals surface area contributed by atoms with Crippen molar-refractivity contribution in [1.82, 2.24) is 4.90 Å². The van der Waals surface area contributed by atoms with E-state index < -0.39 is 0 Å². The first-order valence-corrected chi connectivity index (χ1v) is 7.94. The maximum absolute atomic E-state index is 12.8. The van der Waals surface area contributed by atoms with Gasteiger partial charge in [0.1, 0.15) is 5.82 Å². The predicted octanol–water partition coefficient (Wildman–Crippen LogP) is 3.22. The Morgan fingerprint density at radius 1 is 0.913 bits per heavy atom. The van der Waals surface area contributed by atoms with E-state index in [0.29, 0.717) is 16.9 Å². The van der Waals surface area contributed by atoms with Crippen molar-refractivity contribution in [1.29, 1.82) is 0 Å². The number of benzene rings is 2. The fourth-order valence-corrected chi connectivity index (χ4v) is 2.89. The summed E-state index contributed by atoms with van der Waals surface area (Å²) in [6, 6.07) is 12.9. The van der Waals surface area contributed by atoms with Crippen LogP contribution in [0.4, 0.5) is 4.39 Å². The van der Waals surface area contributed by atoms with E-state index in [0.717, 1.165) is 9.80 Å². The Bertz CT molecular complexity index is 786. The van der Waals surface area contributed by atoms with Gasteiger partial charge >= 0.3 is 0 Å². The zero-order chi connectivity index (χ0) is 16.2. The average Bonchev–Trinajstić information content (AvgIpc) is 2.81. The number of fused-ring (bicyclic) bond motifs is 1. The molecule has 0 saturated carbocycles. The van der Waals surface area contributed by atoms with Gasteiger partial charge in [0.15, 0.2) is 0 Å². The van der Waals surface area contributed by atoms with E-state index in [1.165, 1.54) is 23.9 Å². The minimum Gasteiger partial charge on any atom is -0.269 e. The van der Waals surface area contributed by atoms with Gasteiger partial charge in [-0.1, -0.05) is 24.0 Å².